The summed E-state index contributed by atoms with van der Waals surface area (Å²) in [6.07, 6.45) is 5.78. The number of hydrogen-bond donors (Lipinski definition) is 0. The molecular weight excluding hydrogens is 450 g/mol. The van der Waals surface area contributed by atoms with Crippen molar-refractivity contribution >= 4 is 22.7 Å². The van der Waals surface area contributed by atoms with Gasteiger partial charge in [0, 0.05) is 32.0 Å². The first-order chi connectivity index (χ1) is 16.5. The van der Waals surface area contributed by atoms with Gasteiger partial charge in [-0.25, -0.2) is 0 Å². The molecule has 0 aliphatic rings. The lowest BCUT2D eigenvalue weighted by Gasteiger charge is -2.33. The smallest absolute Gasteiger partial charge is 0.266 e. The number of halogens is 1. The van der Waals surface area contributed by atoms with Crippen LogP contribution in [0.25, 0.3) is 11.1 Å². The summed E-state index contributed by atoms with van der Waals surface area (Å²) in [6.45, 7) is 4.93. The molecule has 0 saturated heterocycles. The minimum atomic E-state index is -0.183. The number of nitrogens with zero attached hydrogens (tertiary/aromatic N) is 5. The van der Waals surface area contributed by atoms with Gasteiger partial charge >= 0.3 is 0 Å². The van der Waals surface area contributed by atoms with Crippen LogP contribution in [0.3, 0.4) is 0 Å². The molecule has 4 rings (SSSR count). The van der Waals surface area contributed by atoms with Crippen LogP contribution in [-0.4, -0.2) is 51.5 Å². The molecule has 0 amide bonds. The summed E-state index contributed by atoms with van der Waals surface area (Å²) in [7, 11) is 4.12. The van der Waals surface area contributed by atoms with Crippen molar-refractivity contribution in [2.45, 2.75) is 32.5 Å². The van der Waals surface area contributed by atoms with Crippen LogP contribution in [-0.2, 0) is 13.1 Å². The molecule has 0 saturated carbocycles. The van der Waals surface area contributed by atoms with Crippen LogP contribution in [0.5, 0.6) is 0 Å². The molecule has 3 heterocycles. The van der Waals surface area contributed by atoms with Crippen molar-refractivity contribution < 1.29 is 4.42 Å². The quantitative estimate of drug-likeness (QED) is 0.331. The number of fused-ring (bicyclic) bond motifs is 1. The highest BCUT2D eigenvalue weighted by Gasteiger charge is 2.27. The Morgan fingerprint density at radius 2 is 1.79 bits per heavy atom. The first-order valence-electron chi connectivity index (χ1n) is 11.5. The molecule has 1 unspecified atom stereocenters. The van der Waals surface area contributed by atoms with Crippen molar-refractivity contribution in [3.63, 3.8) is 0 Å². The Morgan fingerprint density at radius 1 is 1.06 bits per heavy atom. The van der Waals surface area contributed by atoms with Crippen molar-refractivity contribution in [3.8, 4) is 0 Å². The summed E-state index contributed by atoms with van der Waals surface area (Å²) in [5.41, 5.74) is 2.28. The maximum Gasteiger partial charge on any atom is 0.266 e. The van der Waals surface area contributed by atoms with Crippen LogP contribution in [0.4, 0.5) is 0 Å². The first-order valence-corrected chi connectivity index (χ1v) is 11.8. The van der Waals surface area contributed by atoms with Crippen LogP contribution < -0.4 is 5.56 Å². The number of furan rings is 1. The predicted molar refractivity (Wildman–Crippen MR) is 135 cm³/mol. The van der Waals surface area contributed by atoms with Gasteiger partial charge < -0.3 is 9.32 Å². The van der Waals surface area contributed by atoms with Gasteiger partial charge in [-0.15, -0.1) is 0 Å². The van der Waals surface area contributed by atoms with E-state index in [2.05, 4.69) is 35.8 Å². The minimum absolute atomic E-state index is 0.0993. The number of likely N-dealkylation sites (N-methyl/N-ethyl adjacent to an activating group) is 1. The maximum atomic E-state index is 13.6. The summed E-state index contributed by atoms with van der Waals surface area (Å²) in [5, 5.41) is 0.611. The van der Waals surface area contributed by atoms with E-state index in [1.165, 1.54) is 6.26 Å². The van der Waals surface area contributed by atoms with Gasteiger partial charge in [-0.2, -0.15) is 4.98 Å². The lowest BCUT2D eigenvalue weighted by atomic mass is 10.1. The van der Waals surface area contributed by atoms with Crippen LogP contribution >= 0.6 is 11.6 Å². The molecule has 3 aromatic heterocycles. The normalized spacial score (nSPS) is 12.6. The molecule has 0 aliphatic carbocycles. The van der Waals surface area contributed by atoms with Crippen molar-refractivity contribution in [2.24, 2.45) is 0 Å². The fourth-order valence-electron chi connectivity index (χ4n) is 4.18. The second-order valence-corrected chi connectivity index (χ2v) is 9.07. The fraction of sp³-hybridized carbons (Fsp3) is 0.346. The van der Waals surface area contributed by atoms with Gasteiger partial charge in [-0.05, 0) is 43.8 Å². The zero-order chi connectivity index (χ0) is 24.1. The molecule has 7 nitrogen and oxygen atoms in total. The molecular formula is C26H30ClN5O2. The van der Waals surface area contributed by atoms with Gasteiger partial charge in [0.05, 0.1) is 17.6 Å². The third kappa shape index (κ3) is 5.38. The molecule has 0 N–H and O–H groups in total. The van der Waals surface area contributed by atoms with Gasteiger partial charge in [0.1, 0.15) is 17.5 Å². The Labute approximate surface area is 204 Å². The second kappa shape index (κ2) is 11.0. The number of benzene rings is 1. The second-order valence-electron chi connectivity index (χ2n) is 8.66. The third-order valence-corrected chi connectivity index (χ3v) is 6.23. The highest BCUT2D eigenvalue weighted by Crippen LogP contribution is 2.28. The fourth-order valence-corrected chi connectivity index (χ4v) is 4.39. The number of aromatic nitrogens is 3. The van der Waals surface area contributed by atoms with E-state index in [0.717, 1.165) is 30.6 Å². The number of hydrogen-bond acceptors (Lipinski definition) is 6. The average Bonchev–Trinajstić information content (AvgIpc) is 3.22. The molecule has 34 heavy (non-hydrogen) atoms. The van der Waals surface area contributed by atoms with Crippen molar-refractivity contribution in [3.05, 3.63) is 93.4 Å². The van der Waals surface area contributed by atoms with Crippen LogP contribution in [0, 0.1) is 0 Å². The van der Waals surface area contributed by atoms with E-state index in [1.807, 2.05) is 42.5 Å². The monoisotopic (exact) mass is 479 g/mol. The Morgan fingerprint density at radius 3 is 2.47 bits per heavy atom. The van der Waals surface area contributed by atoms with Gasteiger partial charge in [0.15, 0.2) is 0 Å². The molecule has 4 aromatic rings. The Kier molecular flexibility index (Phi) is 7.77. The van der Waals surface area contributed by atoms with E-state index >= 15 is 0 Å². The SMILES string of the molecule is CCC(c1nc2occ(Cl)c2c(=O)n1Cc1ccccc1)N(CCN(C)C)Cc1ccncc1. The predicted octanol–water partition coefficient (Wildman–Crippen LogP) is 4.60. The van der Waals surface area contributed by atoms with E-state index in [0.29, 0.717) is 24.3 Å². The summed E-state index contributed by atoms with van der Waals surface area (Å²) in [4.78, 5) is 27.2. The van der Waals surface area contributed by atoms with E-state index in [9.17, 15) is 4.79 Å². The Balaban J connectivity index is 1.82. The van der Waals surface area contributed by atoms with Crippen molar-refractivity contribution in [1.29, 1.82) is 0 Å². The van der Waals surface area contributed by atoms with E-state index in [-0.39, 0.29) is 22.3 Å². The molecule has 1 atom stereocenters. The van der Waals surface area contributed by atoms with Gasteiger partial charge in [0.2, 0.25) is 5.71 Å². The molecule has 0 radical (unpaired) electrons. The topological polar surface area (TPSA) is 67.4 Å². The Hall–Kier alpha value is -3.00. The largest absolute Gasteiger partial charge is 0.444 e. The molecule has 8 heteroatoms. The van der Waals surface area contributed by atoms with Gasteiger partial charge in [0.25, 0.3) is 5.56 Å². The lowest BCUT2D eigenvalue weighted by molar-refractivity contribution is 0.155. The van der Waals surface area contributed by atoms with Crippen LogP contribution in [0.2, 0.25) is 5.02 Å². The van der Waals surface area contributed by atoms with E-state index in [1.54, 1.807) is 17.0 Å². The molecule has 0 fully saturated rings. The van der Waals surface area contributed by atoms with Gasteiger partial charge in [-0.3, -0.25) is 19.2 Å². The molecule has 0 spiro atoms. The average molecular weight is 480 g/mol. The number of pyridine rings is 1. The maximum absolute atomic E-state index is 13.6. The lowest BCUT2D eigenvalue weighted by Crippen LogP contribution is -2.38. The molecule has 1 aromatic carbocycles. The Bertz CT molecular complexity index is 1270. The summed E-state index contributed by atoms with van der Waals surface area (Å²) >= 11 is 6.30. The summed E-state index contributed by atoms with van der Waals surface area (Å²) in [6, 6.07) is 13.9. The van der Waals surface area contributed by atoms with Crippen LogP contribution in [0.15, 0.2) is 70.3 Å². The molecule has 0 aliphatic heterocycles. The van der Waals surface area contributed by atoms with E-state index < -0.39 is 0 Å². The summed E-state index contributed by atoms with van der Waals surface area (Å²) in [5.74, 6) is 0.683. The molecule has 0 bridgehead atoms. The van der Waals surface area contributed by atoms with Crippen molar-refractivity contribution in [1.82, 2.24) is 24.3 Å². The first kappa shape index (κ1) is 24.1. The standard InChI is InChI=1S/C26H30ClN5O2/c1-4-22(31(15-14-30(2)3)16-20-10-12-28-13-11-20)24-29-25-23(21(27)18-34-25)26(33)32(24)17-19-8-6-5-7-9-19/h5-13,18,22H,4,14-17H2,1-3H3. The van der Waals surface area contributed by atoms with Crippen LogP contribution in [0.1, 0.15) is 36.3 Å². The highest BCUT2D eigenvalue weighted by atomic mass is 35.5. The van der Waals surface area contributed by atoms with Gasteiger partial charge in [-0.1, -0.05) is 48.9 Å². The van der Waals surface area contributed by atoms with Crippen molar-refractivity contribution in [2.75, 3.05) is 27.2 Å². The highest BCUT2D eigenvalue weighted by molar-refractivity contribution is 6.35. The zero-order valence-corrected chi connectivity index (χ0v) is 20.6. The summed E-state index contributed by atoms with van der Waals surface area (Å²) < 4.78 is 7.33. The zero-order valence-electron chi connectivity index (χ0n) is 19.8. The number of rotatable bonds is 10. The molecule has 178 valence electrons. The minimum Gasteiger partial charge on any atom is -0.444 e. The van der Waals surface area contributed by atoms with E-state index in [4.69, 9.17) is 21.0 Å². The third-order valence-electron chi connectivity index (χ3n) is 5.96.